The zero-order valence-electron chi connectivity index (χ0n) is 14.3. The highest BCUT2D eigenvalue weighted by Gasteiger charge is 2.34. The number of halogens is 4. The second kappa shape index (κ2) is 6.96. The van der Waals surface area contributed by atoms with Crippen molar-refractivity contribution in [3.63, 3.8) is 0 Å². The molecule has 0 bridgehead atoms. The lowest BCUT2D eigenvalue weighted by Gasteiger charge is -2.28. The van der Waals surface area contributed by atoms with E-state index in [1.165, 1.54) is 54.6 Å². The van der Waals surface area contributed by atoms with Gasteiger partial charge in [-0.15, -0.1) is 0 Å². The molecule has 0 fully saturated rings. The quantitative estimate of drug-likeness (QED) is 0.422. The Morgan fingerprint density at radius 2 is 1.36 bits per heavy atom. The Balaban J connectivity index is 1.87. The van der Waals surface area contributed by atoms with Crippen molar-refractivity contribution in [2.75, 3.05) is 0 Å². The molecule has 28 heavy (non-hydrogen) atoms. The minimum absolute atomic E-state index is 0.102. The minimum Gasteiger partial charge on any atom is -0.480 e. The van der Waals surface area contributed by atoms with Crippen molar-refractivity contribution in [1.29, 1.82) is 0 Å². The van der Waals surface area contributed by atoms with Crippen LogP contribution < -0.4 is 4.74 Å². The largest absolute Gasteiger partial charge is 0.480 e. The molecule has 0 saturated carbocycles. The number of Topliss-reactive ketones (excluding diaryl/α,β-unsaturated/α-hetero) is 1. The summed E-state index contributed by atoms with van der Waals surface area (Å²) in [5.74, 6) is -3.88. The van der Waals surface area contributed by atoms with Gasteiger partial charge in [-0.2, -0.15) is 0 Å². The Morgan fingerprint density at radius 3 is 2.00 bits per heavy atom. The van der Waals surface area contributed by atoms with Crippen LogP contribution in [-0.4, -0.2) is 5.78 Å². The zero-order valence-corrected chi connectivity index (χ0v) is 14.3. The predicted octanol–water partition coefficient (Wildman–Crippen LogP) is 5.64. The van der Waals surface area contributed by atoms with Gasteiger partial charge in [0.05, 0.1) is 5.56 Å². The van der Waals surface area contributed by atoms with E-state index in [9.17, 15) is 22.4 Å². The molecule has 1 atom stereocenters. The van der Waals surface area contributed by atoms with E-state index in [0.717, 1.165) is 12.1 Å². The molecule has 0 N–H and O–H groups in total. The number of carbonyl (C=O) groups excluding carboxylic acids is 1. The van der Waals surface area contributed by atoms with E-state index >= 15 is 0 Å². The Bertz CT molecular complexity index is 1090. The lowest BCUT2D eigenvalue weighted by atomic mass is 9.89. The highest BCUT2D eigenvalue weighted by molar-refractivity contribution is 6.14. The standard InChI is InChI=1S/C22H12F4O2/c23-14-5-1-12(2-6-14)9-17-21(27)16-10-18(25)19(26)11-20(16)28-22(17)13-3-7-15(24)8-4-13/h1-11,22H/b17-9-. The van der Waals surface area contributed by atoms with Crippen LogP contribution in [0.3, 0.4) is 0 Å². The molecule has 0 radical (unpaired) electrons. The Morgan fingerprint density at radius 1 is 0.786 bits per heavy atom. The van der Waals surface area contributed by atoms with Gasteiger partial charge in [-0.3, -0.25) is 4.79 Å². The fraction of sp³-hybridized carbons (Fsp3) is 0.0455. The topological polar surface area (TPSA) is 26.3 Å². The fourth-order valence-electron chi connectivity index (χ4n) is 3.03. The molecule has 0 amide bonds. The van der Waals surface area contributed by atoms with Gasteiger partial charge in [-0.1, -0.05) is 24.3 Å². The first-order valence-electron chi connectivity index (χ1n) is 8.35. The molecule has 0 saturated heterocycles. The molecular formula is C22H12F4O2. The lowest BCUT2D eigenvalue weighted by molar-refractivity contribution is 0.0962. The monoisotopic (exact) mass is 384 g/mol. The smallest absolute Gasteiger partial charge is 0.196 e. The van der Waals surface area contributed by atoms with Crippen molar-refractivity contribution in [3.8, 4) is 5.75 Å². The third-order valence-electron chi connectivity index (χ3n) is 4.42. The Labute approximate surface area is 157 Å². The Hall–Kier alpha value is -3.41. The lowest BCUT2D eigenvalue weighted by Crippen LogP contribution is -2.24. The van der Waals surface area contributed by atoms with Crippen LogP contribution in [0, 0.1) is 23.3 Å². The van der Waals surface area contributed by atoms with E-state index in [0.29, 0.717) is 11.1 Å². The van der Waals surface area contributed by atoms with Crippen LogP contribution in [0.25, 0.3) is 6.08 Å². The molecule has 3 aromatic carbocycles. The first-order chi connectivity index (χ1) is 13.4. The summed E-state index contributed by atoms with van der Waals surface area (Å²) < 4.78 is 59.5. The second-order valence-electron chi connectivity index (χ2n) is 6.29. The van der Waals surface area contributed by atoms with Gasteiger partial charge in [0.15, 0.2) is 23.5 Å². The average Bonchev–Trinajstić information content (AvgIpc) is 2.68. The molecule has 0 aromatic heterocycles. The van der Waals surface area contributed by atoms with Crippen molar-refractivity contribution in [2.45, 2.75) is 6.10 Å². The van der Waals surface area contributed by atoms with Crippen LogP contribution in [0.5, 0.6) is 5.75 Å². The van der Waals surface area contributed by atoms with Crippen LogP contribution in [-0.2, 0) is 0 Å². The van der Waals surface area contributed by atoms with Crippen molar-refractivity contribution in [1.82, 2.24) is 0 Å². The highest BCUT2D eigenvalue weighted by Crippen LogP contribution is 2.40. The first-order valence-corrected chi connectivity index (χ1v) is 8.35. The number of ketones is 1. The van der Waals surface area contributed by atoms with Crippen LogP contribution in [0.2, 0.25) is 0 Å². The average molecular weight is 384 g/mol. The predicted molar refractivity (Wildman–Crippen MR) is 94.8 cm³/mol. The summed E-state index contributed by atoms with van der Waals surface area (Å²) in [5.41, 5.74) is 0.993. The van der Waals surface area contributed by atoms with Gasteiger partial charge >= 0.3 is 0 Å². The zero-order chi connectivity index (χ0) is 19.8. The van der Waals surface area contributed by atoms with Crippen LogP contribution in [0.15, 0.2) is 66.2 Å². The molecule has 1 aliphatic rings. The molecule has 0 spiro atoms. The summed E-state index contributed by atoms with van der Waals surface area (Å²) in [6.07, 6.45) is 0.524. The van der Waals surface area contributed by atoms with Gasteiger partial charge in [-0.05, 0) is 47.5 Å². The molecule has 2 nitrogen and oxygen atoms in total. The first kappa shape index (κ1) is 18.0. The van der Waals surface area contributed by atoms with Gasteiger partial charge in [-0.25, -0.2) is 17.6 Å². The highest BCUT2D eigenvalue weighted by atomic mass is 19.2. The van der Waals surface area contributed by atoms with Crippen molar-refractivity contribution in [3.05, 3.63) is 106 Å². The number of fused-ring (bicyclic) bond motifs is 1. The molecule has 1 heterocycles. The number of hydrogen-bond donors (Lipinski definition) is 0. The van der Waals surface area contributed by atoms with E-state index in [1.54, 1.807) is 0 Å². The van der Waals surface area contributed by atoms with E-state index in [2.05, 4.69) is 0 Å². The van der Waals surface area contributed by atoms with Crippen LogP contribution in [0.4, 0.5) is 17.6 Å². The summed E-state index contributed by atoms with van der Waals surface area (Å²) in [6.45, 7) is 0. The molecule has 3 aromatic rings. The number of rotatable bonds is 2. The third-order valence-corrected chi connectivity index (χ3v) is 4.42. The molecule has 6 heteroatoms. The normalized spacial score (nSPS) is 17.4. The number of carbonyl (C=O) groups is 1. The maximum absolute atomic E-state index is 13.7. The maximum Gasteiger partial charge on any atom is 0.196 e. The maximum atomic E-state index is 13.7. The van der Waals surface area contributed by atoms with Gasteiger partial charge in [0, 0.05) is 11.6 Å². The molecule has 1 unspecified atom stereocenters. The van der Waals surface area contributed by atoms with Crippen LogP contribution >= 0.6 is 0 Å². The summed E-state index contributed by atoms with van der Waals surface area (Å²) in [5, 5.41) is 0. The van der Waals surface area contributed by atoms with Gasteiger partial charge in [0.1, 0.15) is 17.4 Å². The summed E-state index contributed by atoms with van der Waals surface area (Å²) >= 11 is 0. The van der Waals surface area contributed by atoms with Gasteiger partial charge < -0.3 is 4.74 Å². The molecule has 0 aliphatic carbocycles. The van der Waals surface area contributed by atoms with Gasteiger partial charge in [0.2, 0.25) is 0 Å². The van der Waals surface area contributed by atoms with E-state index in [1.807, 2.05) is 0 Å². The van der Waals surface area contributed by atoms with Gasteiger partial charge in [0.25, 0.3) is 0 Å². The minimum atomic E-state index is -1.17. The molecule has 1 aliphatic heterocycles. The van der Waals surface area contributed by atoms with E-state index < -0.39 is 35.2 Å². The number of ether oxygens (including phenoxy) is 1. The van der Waals surface area contributed by atoms with E-state index in [4.69, 9.17) is 4.74 Å². The number of benzene rings is 3. The Kier molecular flexibility index (Phi) is 4.47. The van der Waals surface area contributed by atoms with Crippen molar-refractivity contribution >= 4 is 11.9 Å². The summed E-state index contributed by atoms with van der Waals surface area (Å²) in [7, 11) is 0. The van der Waals surface area contributed by atoms with Crippen LogP contribution in [0.1, 0.15) is 27.6 Å². The third kappa shape index (κ3) is 3.29. The van der Waals surface area contributed by atoms with E-state index in [-0.39, 0.29) is 16.9 Å². The van der Waals surface area contributed by atoms with Crippen molar-refractivity contribution < 1.29 is 27.1 Å². The van der Waals surface area contributed by atoms with Crippen molar-refractivity contribution in [2.24, 2.45) is 0 Å². The molecular weight excluding hydrogens is 372 g/mol. The fourth-order valence-corrected chi connectivity index (χ4v) is 3.03. The second-order valence-corrected chi connectivity index (χ2v) is 6.29. The molecule has 4 rings (SSSR count). The summed E-state index contributed by atoms with van der Waals surface area (Å²) in [6, 6.07) is 12.3. The summed E-state index contributed by atoms with van der Waals surface area (Å²) in [4.78, 5) is 13.0. The number of hydrogen-bond acceptors (Lipinski definition) is 2. The SMILES string of the molecule is O=C1/C(=C/c2ccc(F)cc2)C(c2ccc(F)cc2)Oc2cc(F)c(F)cc21. The molecule has 140 valence electrons.